The normalized spacial score (nSPS) is 31.9. The predicted molar refractivity (Wildman–Crippen MR) is 52.3 cm³/mol. The Morgan fingerprint density at radius 2 is 2.50 bits per heavy atom. The van der Waals surface area contributed by atoms with Crippen molar-refractivity contribution in [3.63, 3.8) is 0 Å². The van der Waals surface area contributed by atoms with E-state index in [1.165, 1.54) is 11.3 Å². The quantitative estimate of drug-likeness (QED) is 0.664. The Kier molecular flexibility index (Phi) is 2.30. The van der Waals surface area contributed by atoms with E-state index < -0.39 is 17.6 Å². The number of thiophene rings is 1. The molecule has 1 aliphatic rings. The first kappa shape index (κ1) is 9.64. The van der Waals surface area contributed by atoms with Gasteiger partial charge < -0.3 is 15.5 Å². The van der Waals surface area contributed by atoms with Crippen LogP contribution in [0.4, 0.5) is 0 Å². The first-order chi connectivity index (χ1) is 6.62. The Morgan fingerprint density at radius 1 is 1.71 bits per heavy atom. The number of β-amino-alcohol motifs (C(OH)–C–C–N with tert-alkyl or cyclic N) is 1. The minimum Gasteiger partial charge on any atom is -0.480 e. The van der Waals surface area contributed by atoms with Gasteiger partial charge in [-0.25, -0.2) is 0 Å². The van der Waals surface area contributed by atoms with Gasteiger partial charge in [0.1, 0.15) is 11.6 Å². The molecule has 0 radical (unpaired) electrons. The Bertz CT molecular complexity index is 338. The molecule has 3 N–H and O–H groups in total. The van der Waals surface area contributed by atoms with Gasteiger partial charge >= 0.3 is 5.97 Å². The molecule has 14 heavy (non-hydrogen) atoms. The van der Waals surface area contributed by atoms with E-state index in [0.29, 0.717) is 6.54 Å². The van der Waals surface area contributed by atoms with Crippen LogP contribution in [0.15, 0.2) is 17.5 Å². The molecule has 76 valence electrons. The number of nitrogens with one attached hydrogen (secondary N) is 1. The van der Waals surface area contributed by atoms with Crippen LogP contribution in [0.2, 0.25) is 0 Å². The number of carbonyl (C=O) groups is 1. The summed E-state index contributed by atoms with van der Waals surface area (Å²) in [5.74, 6) is -0.905. The van der Waals surface area contributed by atoms with Gasteiger partial charge in [0.05, 0.1) is 0 Å². The highest BCUT2D eigenvalue weighted by Crippen LogP contribution is 2.33. The van der Waals surface area contributed by atoms with E-state index in [1.54, 1.807) is 0 Å². The van der Waals surface area contributed by atoms with E-state index in [2.05, 4.69) is 5.32 Å². The van der Waals surface area contributed by atoms with Crippen molar-refractivity contribution in [1.82, 2.24) is 5.32 Å². The first-order valence-corrected chi connectivity index (χ1v) is 5.22. The fourth-order valence-electron chi connectivity index (χ4n) is 1.68. The fourth-order valence-corrected chi connectivity index (χ4v) is 2.52. The summed E-state index contributed by atoms with van der Waals surface area (Å²) in [5.41, 5.74) is -1.00. The number of hydrogen-bond acceptors (Lipinski definition) is 4. The summed E-state index contributed by atoms with van der Waals surface area (Å²) in [6.07, 6.45) is 0.239. The summed E-state index contributed by atoms with van der Waals surface area (Å²) in [6.45, 7) is 0.310. The SMILES string of the molecule is O=C(O)[C@@H]1C[C@@](O)(c2cccs2)CN1. The smallest absolute Gasteiger partial charge is 0.320 e. The van der Waals surface area contributed by atoms with Crippen LogP contribution in [0.5, 0.6) is 0 Å². The molecule has 2 atom stereocenters. The van der Waals surface area contributed by atoms with Crippen LogP contribution in [0.3, 0.4) is 0 Å². The molecule has 1 saturated heterocycles. The Hall–Kier alpha value is -0.910. The molecule has 2 heterocycles. The minimum atomic E-state index is -1.00. The molecule has 1 aromatic rings. The topological polar surface area (TPSA) is 69.6 Å². The molecule has 0 unspecified atom stereocenters. The van der Waals surface area contributed by atoms with E-state index in [4.69, 9.17) is 5.11 Å². The fraction of sp³-hybridized carbons (Fsp3) is 0.444. The lowest BCUT2D eigenvalue weighted by Crippen LogP contribution is -2.30. The third-order valence-corrected chi connectivity index (χ3v) is 3.52. The maximum Gasteiger partial charge on any atom is 0.320 e. The van der Waals surface area contributed by atoms with Crippen LogP contribution < -0.4 is 5.32 Å². The third kappa shape index (κ3) is 1.54. The zero-order valence-electron chi connectivity index (χ0n) is 7.43. The second kappa shape index (κ2) is 3.34. The van der Waals surface area contributed by atoms with Gasteiger partial charge in [0, 0.05) is 17.8 Å². The summed E-state index contributed by atoms with van der Waals surface area (Å²) >= 11 is 1.45. The standard InChI is InChI=1S/C9H11NO3S/c11-8(12)6-4-9(13,5-10-6)7-2-1-3-14-7/h1-3,6,10,13H,4-5H2,(H,11,12)/t6-,9-/m0/s1. The number of carboxylic acids is 1. The number of hydrogen-bond donors (Lipinski definition) is 3. The predicted octanol–water partition coefficient (Wildman–Crippen LogP) is 0.382. The number of aliphatic hydroxyl groups is 1. The lowest BCUT2D eigenvalue weighted by molar-refractivity contribution is -0.139. The van der Waals surface area contributed by atoms with Gasteiger partial charge in [-0.2, -0.15) is 0 Å². The Balaban J connectivity index is 2.17. The first-order valence-electron chi connectivity index (χ1n) is 4.34. The molecular formula is C9H11NO3S. The minimum absolute atomic E-state index is 0.239. The number of carboxylic acid groups (broad SMARTS) is 1. The van der Waals surface area contributed by atoms with Gasteiger partial charge in [0.25, 0.3) is 0 Å². The molecule has 1 aliphatic heterocycles. The highest BCUT2D eigenvalue weighted by Gasteiger charge is 2.42. The summed E-state index contributed by atoms with van der Waals surface area (Å²) in [4.78, 5) is 11.5. The van der Waals surface area contributed by atoms with Crippen molar-refractivity contribution in [3.05, 3.63) is 22.4 Å². The number of rotatable bonds is 2. The zero-order valence-corrected chi connectivity index (χ0v) is 8.25. The van der Waals surface area contributed by atoms with Crippen molar-refractivity contribution in [2.45, 2.75) is 18.1 Å². The van der Waals surface area contributed by atoms with E-state index in [9.17, 15) is 9.90 Å². The summed E-state index contributed by atoms with van der Waals surface area (Å²) in [6, 6.07) is 3.05. The summed E-state index contributed by atoms with van der Waals surface area (Å²) in [5, 5.41) is 23.6. The van der Waals surface area contributed by atoms with E-state index in [1.807, 2.05) is 17.5 Å². The van der Waals surface area contributed by atoms with E-state index in [0.717, 1.165) is 4.88 Å². The highest BCUT2D eigenvalue weighted by atomic mass is 32.1. The molecule has 2 rings (SSSR count). The monoisotopic (exact) mass is 213 g/mol. The second-order valence-corrected chi connectivity index (χ2v) is 4.43. The number of aliphatic carboxylic acids is 1. The van der Waals surface area contributed by atoms with Gasteiger partial charge in [0.2, 0.25) is 0 Å². The molecule has 0 aliphatic carbocycles. The van der Waals surface area contributed by atoms with Gasteiger partial charge in [-0.05, 0) is 11.4 Å². The van der Waals surface area contributed by atoms with E-state index >= 15 is 0 Å². The van der Waals surface area contributed by atoms with Gasteiger partial charge in [-0.3, -0.25) is 4.79 Å². The molecule has 1 aromatic heterocycles. The maximum absolute atomic E-state index is 10.7. The average molecular weight is 213 g/mol. The van der Waals surface area contributed by atoms with Crippen molar-refractivity contribution in [1.29, 1.82) is 0 Å². The largest absolute Gasteiger partial charge is 0.480 e. The van der Waals surface area contributed by atoms with Crippen molar-refractivity contribution in [3.8, 4) is 0 Å². The van der Waals surface area contributed by atoms with Crippen LogP contribution in [0.1, 0.15) is 11.3 Å². The van der Waals surface area contributed by atoms with Gasteiger partial charge in [-0.15, -0.1) is 11.3 Å². The molecule has 0 bridgehead atoms. The molecule has 4 nitrogen and oxygen atoms in total. The average Bonchev–Trinajstić information content (AvgIpc) is 2.71. The highest BCUT2D eigenvalue weighted by molar-refractivity contribution is 7.10. The van der Waals surface area contributed by atoms with Crippen LogP contribution in [-0.4, -0.2) is 28.8 Å². The molecule has 0 spiro atoms. The molecule has 0 aromatic carbocycles. The van der Waals surface area contributed by atoms with Gasteiger partial charge in [-0.1, -0.05) is 6.07 Å². The van der Waals surface area contributed by atoms with Crippen molar-refractivity contribution in [2.75, 3.05) is 6.54 Å². The van der Waals surface area contributed by atoms with Crippen molar-refractivity contribution in [2.24, 2.45) is 0 Å². The zero-order chi connectivity index (χ0) is 10.2. The summed E-state index contributed by atoms with van der Waals surface area (Å²) < 4.78 is 0. The van der Waals surface area contributed by atoms with Crippen LogP contribution in [0.25, 0.3) is 0 Å². The van der Waals surface area contributed by atoms with Crippen molar-refractivity contribution >= 4 is 17.3 Å². The molecule has 0 saturated carbocycles. The Labute approximate surface area is 85.2 Å². The lowest BCUT2D eigenvalue weighted by atomic mass is 9.98. The van der Waals surface area contributed by atoms with Crippen LogP contribution in [0, 0.1) is 0 Å². The molecular weight excluding hydrogens is 202 g/mol. The molecule has 5 heteroatoms. The summed E-state index contributed by atoms with van der Waals surface area (Å²) in [7, 11) is 0. The maximum atomic E-state index is 10.7. The second-order valence-electron chi connectivity index (χ2n) is 3.48. The molecule has 0 amide bonds. The third-order valence-electron chi connectivity index (χ3n) is 2.46. The Morgan fingerprint density at radius 3 is 3.00 bits per heavy atom. The van der Waals surface area contributed by atoms with Gasteiger partial charge in [0.15, 0.2) is 0 Å². The van der Waals surface area contributed by atoms with Crippen LogP contribution >= 0.6 is 11.3 Å². The van der Waals surface area contributed by atoms with Crippen molar-refractivity contribution < 1.29 is 15.0 Å². The van der Waals surface area contributed by atoms with E-state index in [-0.39, 0.29) is 6.42 Å². The van der Waals surface area contributed by atoms with Crippen LogP contribution in [-0.2, 0) is 10.4 Å². The lowest BCUT2D eigenvalue weighted by Gasteiger charge is -2.19. The molecule has 1 fully saturated rings.